The van der Waals surface area contributed by atoms with Crippen molar-refractivity contribution in [3.8, 4) is 5.75 Å². The van der Waals surface area contributed by atoms with Crippen LogP contribution in [-0.2, 0) is 0 Å². The average molecular weight is 221 g/mol. The molecule has 7 heteroatoms. The minimum atomic E-state index is -3.17. The Morgan fingerprint density at radius 2 is 2.20 bits per heavy atom. The molecule has 0 fully saturated rings. The Morgan fingerprint density at radius 3 is 2.60 bits per heavy atom. The molecule has 0 atom stereocenters. The molecule has 1 aromatic rings. The second kappa shape index (κ2) is 4.16. The van der Waals surface area contributed by atoms with E-state index in [4.69, 9.17) is 5.11 Å². The zero-order valence-electron chi connectivity index (χ0n) is 7.50. The Morgan fingerprint density at radius 1 is 1.60 bits per heavy atom. The van der Waals surface area contributed by atoms with Crippen LogP contribution in [0.5, 0.6) is 5.75 Å². The molecule has 0 saturated carbocycles. The van der Waals surface area contributed by atoms with Gasteiger partial charge >= 0.3 is 5.97 Å². The number of carboxylic acid groups (broad SMARTS) is 1. The van der Waals surface area contributed by atoms with E-state index in [2.05, 4.69) is 9.72 Å². The van der Waals surface area contributed by atoms with Crippen LogP contribution in [0.3, 0.4) is 0 Å². The third kappa shape index (κ3) is 2.00. The highest BCUT2D eigenvalue weighted by Crippen LogP contribution is 2.32. The highest BCUT2D eigenvalue weighted by molar-refractivity contribution is 5.89. The van der Waals surface area contributed by atoms with Gasteiger partial charge in [-0.1, -0.05) is 0 Å². The molecule has 0 aliphatic rings. The first-order valence-electron chi connectivity index (χ1n) is 3.72. The summed E-state index contributed by atoms with van der Waals surface area (Å²) in [5.41, 5.74) is -1.83. The highest BCUT2D eigenvalue weighted by atomic mass is 19.3. The fourth-order valence-electron chi connectivity index (χ4n) is 1.05. The molecule has 1 N–H and O–H groups in total. The Kier molecular flexibility index (Phi) is 3.13. The van der Waals surface area contributed by atoms with E-state index in [1.807, 2.05) is 0 Å². The first-order chi connectivity index (χ1) is 6.99. The lowest BCUT2D eigenvalue weighted by Gasteiger charge is -2.10. The van der Waals surface area contributed by atoms with Gasteiger partial charge in [0.2, 0.25) is 0 Å². The van der Waals surface area contributed by atoms with Crippen molar-refractivity contribution in [2.45, 2.75) is 6.43 Å². The van der Waals surface area contributed by atoms with E-state index in [0.717, 1.165) is 7.11 Å². The standard InChI is InChI=1S/C8H6F3NO3/c1-15-6-4(7(10)11)3(9)2-12-5(6)8(13)14/h2,7H,1H3,(H,13,14). The number of halogens is 3. The van der Waals surface area contributed by atoms with E-state index in [-0.39, 0.29) is 0 Å². The number of pyridine rings is 1. The molecule has 0 radical (unpaired) electrons. The number of nitrogens with zero attached hydrogens (tertiary/aromatic N) is 1. The monoisotopic (exact) mass is 221 g/mol. The molecule has 1 aromatic heterocycles. The number of ether oxygens (including phenoxy) is 1. The first kappa shape index (κ1) is 11.3. The summed E-state index contributed by atoms with van der Waals surface area (Å²) in [6.07, 6.45) is -2.74. The predicted octanol–water partition coefficient (Wildman–Crippen LogP) is 1.87. The minimum absolute atomic E-state index is 0.424. The van der Waals surface area contributed by atoms with E-state index in [0.29, 0.717) is 6.20 Å². The summed E-state index contributed by atoms with van der Waals surface area (Å²) in [5.74, 6) is -3.61. The van der Waals surface area contributed by atoms with Crippen LogP contribution in [0.1, 0.15) is 22.5 Å². The van der Waals surface area contributed by atoms with Gasteiger partial charge in [-0.15, -0.1) is 0 Å². The summed E-state index contributed by atoms with van der Waals surface area (Å²) < 4.78 is 42.1. The van der Waals surface area contributed by atoms with Gasteiger partial charge in [0.1, 0.15) is 0 Å². The molecule has 1 heterocycles. The predicted molar refractivity (Wildman–Crippen MR) is 42.7 cm³/mol. The fourth-order valence-corrected chi connectivity index (χ4v) is 1.05. The van der Waals surface area contributed by atoms with Crippen molar-refractivity contribution in [2.24, 2.45) is 0 Å². The normalized spacial score (nSPS) is 10.5. The Labute approximate surface area is 82.3 Å². The third-order valence-electron chi connectivity index (χ3n) is 1.65. The number of carboxylic acids is 1. The number of methoxy groups -OCH3 is 1. The molecule has 82 valence electrons. The van der Waals surface area contributed by atoms with Crippen molar-refractivity contribution in [1.82, 2.24) is 4.98 Å². The highest BCUT2D eigenvalue weighted by Gasteiger charge is 2.26. The molecule has 0 aliphatic heterocycles. The summed E-state index contributed by atoms with van der Waals surface area (Å²) in [6.45, 7) is 0. The molecule has 1 rings (SSSR count). The summed E-state index contributed by atoms with van der Waals surface area (Å²) in [6, 6.07) is 0. The second-order valence-corrected chi connectivity index (χ2v) is 2.51. The van der Waals surface area contributed by atoms with Crippen molar-refractivity contribution < 1.29 is 27.8 Å². The molecular formula is C8H6F3NO3. The van der Waals surface area contributed by atoms with Crippen molar-refractivity contribution in [1.29, 1.82) is 0 Å². The van der Waals surface area contributed by atoms with Gasteiger partial charge in [-0.25, -0.2) is 22.9 Å². The molecular weight excluding hydrogens is 215 g/mol. The van der Waals surface area contributed by atoms with Crippen LogP contribution >= 0.6 is 0 Å². The molecule has 0 amide bonds. The second-order valence-electron chi connectivity index (χ2n) is 2.51. The molecule has 0 unspecified atom stereocenters. The number of rotatable bonds is 3. The zero-order chi connectivity index (χ0) is 11.6. The van der Waals surface area contributed by atoms with Gasteiger partial charge in [-0.2, -0.15) is 0 Å². The number of hydrogen-bond acceptors (Lipinski definition) is 3. The Hall–Kier alpha value is -1.79. The smallest absolute Gasteiger partial charge is 0.358 e. The van der Waals surface area contributed by atoms with E-state index >= 15 is 0 Å². The van der Waals surface area contributed by atoms with Crippen molar-refractivity contribution >= 4 is 5.97 Å². The van der Waals surface area contributed by atoms with Gasteiger partial charge < -0.3 is 9.84 Å². The maximum Gasteiger partial charge on any atom is 0.358 e. The number of aromatic nitrogens is 1. The van der Waals surface area contributed by atoms with Crippen LogP contribution in [0, 0.1) is 5.82 Å². The van der Waals surface area contributed by atoms with Gasteiger partial charge in [0, 0.05) is 0 Å². The summed E-state index contributed by atoms with van der Waals surface area (Å²) >= 11 is 0. The summed E-state index contributed by atoms with van der Waals surface area (Å²) in [7, 11) is 0.967. The molecule has 0 aliphatic carbocycles. The van der Waals surface area contributed by atoms with Crippen LogP contribution in [0.4, 0.5) is 13.2 Å². The Balaban J connectivity index is 3.47. The minimum Gasteiger partial charge on any atom is -0.494 e. The quantitative estimate of drug-likeness (QED) is 0.846. The van der Waals surface area contributed by atoms with Gasteiger partial charge in [-0.3, -0.25) is 0 Å². The van der Waals surface area contributed by atoms with Gasteiger partial charge in [0.15, 0.2) is 17.3 Å². The van der Waals surface area contributed by atoms with Gasteiger partial charge in [-0.05, 0) is 0 Å². The average Bonchev–Trinajstić information content (AvgIpc) is 2.15. The fraction of sp³-hybridized carbons (Fsp3) is 0.250. The lowest BCUT2D eigenvalue weighted by molar-refractivity contribution is 0.0684. The molecule has 15 heavy (non-hydrogen) atoms. The number of carbonyl (C=O) groups is 1. The number of alkyl halides is 2. The topological polar surface area (TPSA) is 59.4 Å². The van der Waals surface area contributed by atoms with Crippen molar-refractivity contribution in [2.75, 3.05) is 7.11 Å². The summed E-state index contributed by atoms with van der Waals surface area (Å²) in [4.78, 5) is 13.7. The zero-order valence-corrected chi connectivity index (χ0v) is 7.50. The van der Waals surface area contributed by atoms with E-state index in [9.17, 15) is 18.0 Å². The maximum atomic E-state index is 12.9. The van der Waals surface area contributed by atoms with Crippen LogP contribution in [0.15, 0.2) is 6.20 Å². The first-order valence-corrected chi connectivity index (χ1v) is 3.72. The van der Waals surface area contributed by atoms with Crippen LogP contribution in [-0.4, -0.2) is 23.2 Å². The van der Waals surface area contributed by atoms with E-state index in [1.54, 1.807) is 0 Å². The largest absolute Gasteiger partial charge is 0.494 e. The van der Waals surface area contributed by atoms with Gasteiger partial charge in [0.05, 0.1) is 18.9 Å². The summed E-state index contributed by atoms with van der Waals surface area (Å²) in [5, 5.41) is 8.58. The lowest BCUT2D eigenvalue weighted by Crippen LogP contribution is -2.08. The van der Waals surface area contributed by atoms with Crippen LogP contribution in [0.25, 0.3) is 0 Å². The molecule has 0 bridgehead atoms. The molecule has 0 spiro atoms. The SMILES string of the molecule is COc1c(C(=O)O)ncc(F)c1C(F)F. The molecule has 0 aromatic carbocycles. The number of aromatic carboxylic acids is 1. The van der Waals surface area contributed by atoms with Crippen LogP contribution < -0.4 is 4.74 Å². The molecule has 0 saturated heterocycles. The lowest BCUT2D eigenvalue weighted by atomic mass is 10.2. The van der Waals surface area contributed by atoms with Gasteiger partial charge in [0.25, 0.3) is 6.43 Å². The third-order valence-corrected chi connectivity index (χ3v) is 1.65. The molecule has 4 nitrogen and oxygen atoms in total. The number of hydrogen-bond donors (Lipinski definition) is 1. The van der Waals surface area contributed by atoms with Crippen molar-refractivity contribution in [3.05, 3.63) is 23.3 Å². The van der Waals surface area contributed by atoms with Crippen LogP contribution in [0.2, 0.25) is 0 Å². The Bertz CT molecular complexity index is 395. The van der Waals surface area contributed by atoms with Crippen molar-refractivity contribution in [3.63, 3.8) is 0 Å². The maximum absolute atomic E-state index is 12.9. The van der Waals surface area contributed by atoms with E-state index < -0.39 is 35.2 Å². The van der Waals surface area contributed by atoms with E-state index in [1.165, 1.54) is 0 Å².